The van der Waals surface area contributed by atoms with Gasteiger partial charge in [0.1, 0.15) is 0 Å². The van der Waals surface area contributed by atoms with Gasteiger partial charge in [0.25, 0.3) is 0 Å². The SMILES string of the molecule is [2H]c1c([2H])c([2H])c(-c2cc(-c3ccccc3)c(-c3ccc4c(c3)c3cc(-n5c6ccccc6c6c([2H])c([2H])c([2H])c([2H])c65)ccc3n4-c3cccc4c3sc3ccccc34)c(-c3ccccc3)c2)c([2H])c1[2H]. The van der Waals surface area contributed by atoms with Gasteiger partial charge >= 0.3 is 0 Å². The fourth-order valence-corrected chi connectivity index (χ4v) is 10.8. The van der Waals surface area contributed by atoms with Gasteiger partial charge in [-0.1, -0.05) is 164 Å². The molecular weight excluding hydrogens is 781 g/mol. The van der Waals surface area contributed by atoms with Crippen molar-refractivity contribution in [3.8, 4) is 55.9 Å². The molecule has 0 aliphatic rings. The highest BCUT2D eigenvalue weighted by Gasteiger charge is 2.22. The van der Waals surface area contributed by atoms with Crippen LogP contribution in [0, 0.1) is 0 Å². The number of hydrogen-bond acceptors (Lipinski definition) is 1. The maximum Gasteiger partial charge on any atom is 0.0645 e. The molecule has 3 heteroatoms. The van der Waals surface area contributed by atoms with E-state index >= 15 is 0 Å². The quantitative estimate of drug-likeness (QED) is 0.158. The molecule has 3 heterocycles. The Morgan fingerprint density at radius 1 is 0.349 bits per heavy atom. The highest BCUT2D eigenvalue weighted by Crippen LogP contribution is 2.47. The van der Waals surface area contributed by atoms with Crippen molar-refractivity contribution < 1.29 is 12.3 Å². The van der Waals surface area contributed by atoms with Crippen LogP contribution in [0.25, 0.3) is 120 Å². The molecule has 0 atom stereocenters. The first-order valence-electron chi connectivity index (χ1n) is 25.4. The lowest BCUT2D eigenvalue weighted by atomic mass is 9.84. The minimum Gasteiger partial charge on any atom is -0.309 e. The Kier molecular flexibility index (Phi) is 6.31. The first-order valence-corrected chi connectivity index (χ1v) is 21.7. The summed E-state index contributed by atoms with van der Waals surface area (Å²) in [6.45, 7) is 0. The molecule has 0 saturated heterocycles. The third kappa shape index (κ3) is 5.64. The zero-order chi connectivity index (χ0) is 49.3. The van der Waals surface area contributed by atoms with Crippen molar-refractivity contribution in [2.24, 2.45) is 0 Å². The van der Waals surface area contributed by atoms with Crippen LogP contribution in [-0.4, -0.2) is 9.13 Å². The zero-order valence-corrected chi connectivity index (χ0v) is 34.4. The Balaban J connectivity index is 1.15. The van der Waals surface area contributed by atoms with Crippen LogP contribution in [0.3, 0.4) is 0 Å². The molecule has 0 saturated carbocycles. The summed E-state index contributed by atoms with van der Waals surface area (Å²) in [4.78, 5) is 0. The van der Waals surface area contributed by atoms with Crippen LogP contribution in [0.2, 0.25) is 0 Å². The van der Waals surface area contributed by atoms with Crippen LogP contribution >= 0.6 is 11.3 Å². The monoisotopic (exact) mass is 827 g/mol. The lowest BCUT2D eigenvalue weighted by molar-refractivity contribution is 1.17. The van der Waals surface area contributed by atoms with Crippen molar-refractivity contribution in [2.75, 3.05) is 0 Å². The summed E-state index contributed by atoms with van der Waals surface area (Å²) < 4.78 is 86.0. The van der Waals surface area contributed by atoms with Gasteiger partial charge in [-0.3, -0.25) is 0 Å². The van der Waals surface area contributed by atoms with Gasteiger partial charge in [0.05, 0.1) is 44.8 Å². The molecule has 2 nitrogen and oxygen atoms in total. The van der Waals surface area contributed by atoms with Crippen molar-refractivity contribution in [3.63, 3.8) is 0 Å². The van der Waals surface area contributed by atoms with Gasteiger partial charge in [-0.15, -0.1) is 11.3 Å². The highest BCUT2D eigenvalue weighted by atomic mass is 32.1. The van der Waals surface area contributed by atoms with Crippen LogP contribution in [0.15, 0.2) is 230 Å². The highest BCUT2D eigenvalue weighted by molar-refractivity contribution is 7.26. The van der Waals surface area contributed by atoms with E-state index in [1.165, 1.54) is 10.1 Å². The van der Waals surface area contributed by atoms with Crippen molar-refractivity contribution in [3.05, 3.63) is 230 Å². The minimum atomic E-state index is -0.446. The molecule has 0 N–H and O–H groups in total. The Labute approximate surface area is 381 Å². The second-order valence-electron chi connectivity index (χ2n) is 15.8. The molecule has 0 spiro atoms. The summed E-state index contributed by atoms with van der Waals surface area (Å²) in [6.07, 6.45) is 0. The summed E-state index contributed by atoms with van der Waals surface area (Å²) >= 11 is 1.76. The molecule has 294 valence electrons. The molecule has 0 fully saturated rings. The van der Waals surface area contributed by atoms with Crippen molar-refractivity contribution in [2.45, 2.75) is 0 Å². The van der Waals surface area contributed by atoms with E-state index in [4.69, 9.17) is 11.0 Å². The fourth-order valence-electron chi connectivity index (χ4n) is 9.59. The molecule has 3 aromatic heterocycles. The molecule has 0 radical (unpaired) electrons. The second-order valence-corrected chi connectivity index (χ2v) is 16.8. The molecule has 0 aliphatic heterocycles. The largest absolute Gasteiger partial charge is 0.309 e. The molecule has 0 amide bonds. The van der Waals surface area contributed by atoms with E-state index in [2.05, 4.69) is 77.4 Å². The molecule has 0 bridgehead atoms. The molecule has 13 rings (SSSR count). The minimum absolute atomic E-state index is 0.0827. The Bertz CT molecular complexity index is 4350. The first kappa shape index (κ1) is 27.8. The summed E-state index contributed by atoms with van der Waals surface area (Å²) in [7, 11) is 0. The van der Waals surface area contributed by atoms with Crippen molar-refractivity contribution in [1.82, 2.24) is 9.13 Å². The summed E-state index contributed by atoms with van der Waals surface area (Å²) in [5.74, 6) is 0. The van der Waals surface area contributed by atoms with E-state index in [1.54, 1.807) is 11.3 Å². The third-order valence-corrected chi connectivity index (χ3v) is 13.5. The van der Waals surface area contributed by atoms with Gasteiger partial charge in [-0.2, -0.15) is 0 Å². The summed E-state index contributed by atoms with van der Waals surface area (Å²) in [6, 6.07) is 56.7. The van der Waals surface area contributed by atoms with Crippen LogP contribution < -0.4 is 0 Å². The fraction of sp³-hybridized carbons (Fsp3) is 0. The van der Waals surface area contributed by atoms with Crippen LogP contribution in [0.4, 0.5) is 0 Å². The Morgan fingerprint density at radius 3 is 1.75 bits per heavy atom. The van der Waals surface area contributed by atoms with E-state index in [-0.39, 0.29) is 41.8 Å². The Hall–Kier alpha value is -7.98. The number of para-hydroxylation sites is 2. The summed E-state index contributed by atoms with van der Waals surface area (Å²) in [5.41, 5.74) is 10.6. The standard InChI is InChI=1S/C60H38N2S/c1-4-17-39(18-5-1)43-36-49(40-19-6-2-7-20-40)59(50(37-43)41-21-8-3-9-22-41)42-31-33-55-51(35-42)52-38-44(61-53-27-13-10-23-45(53)46-24-11-14-28-54(46)61)32-34-56(52)62(55)57-29-16-26-48-47-25-12-15-30-58(47)63-60(48)57/h1-38H/i1D,4D,5D,10D,13D,17D,18D,23D,27D. The number of benzene rings is 10. The number of hydrogen-bond donors (Lipinski definition) is 0. The van der Waals surface area contributed by atoms with Crippen molar-refractivity contribution >= 4 is 75.1 Å². The maximum atomic E-state index is 9.25. The van der Waals surface area contributed by atoms with E-state index in [9.17, 15) is 1.37 Å². The van der Waals surface area contributed by atoms with Gasteiger partial charge in [0.15, 0.2) is 0 Å². The van der Waals surface area contributed by atoms with Gasteiger partial charge in [0.2, 0.25) is 0 Å². The number of rotatable bonds is 6. The predicted octanol–water partition coefficient (Wildman–Crippen LogP) is 16.9. The van der Waals surface area contributed by atoms with E-state index < -0.39 is 18.1 Å². The van der Waals surface area contributed by atoms with Gasteiger partial charge in [-0.25, -0.2) is 0 Å². The molecule has 0 aliphatic carbocycles. The lowest BCUT2D eigenvalue weighted by Gasteiger charge is -2.19. The molecule has 13 aromatic rings. The van der Waals surface area contributed by atoms with Gasteiger partial charge in [0, 0.05) is 42.7 Å². The van der Waals surface area contributed by atoms with Crippen LogP contribution in [-0.2, 0) is 0 Å². The zero-order valence-electron chi connectivity index (χ0n) is 42.5. The Morgan fingerprint density at radius 2 is 0.968 bits per heavy atom. The average molecular weight is 828 g/mol. The molecule has 10 aromatic carbocycles. The number of aromatic nitrogens is 2. The molecule has 0 unspecified atom stereocenters. The van der Waals surface area contributed by atoms with Crippen LogP contribution in [0.5, 0.6) is 0 Å². The number of fused-ring (bicyclic) bond motifs is 9. The van der Waals surface area contributed by atoms with Gasteiger partial charge in [-0.05, 0) is 111 Å². The van der Waals surface area contributed by atoms with E-state index in [0.29, 0.717) is 16.5 Å². The van der Waals surface area contributed by atoms with Crippen molar-refractivity contribution in [1.29, 1.82) is 0 Å². The predicted molar refractivity (Wildman–Crippen MR) is 270 cm³/mol. The topological polar surface area (TPSA) is 9.86 Å². The van der Waals surface area contributed by atoms with E-state index in [0.717, 1.165) is 87.6 Å². The molecule has 63 heavy (non-hydrogen) atoms. The number of nitrogens with zero attached hydrogens (tertiary/aromatic N) is 2. The molecular formula is C60H38N2S. The smallest absolute Gasteiger partial charge is 0.0645 e. The third-order valence-electron chi connectivity index (χ3n) is 12.3. The average Bonchev–Trinajstić information content (AvgIpc) is 4.09. The van der Waals surface area contributed by atoms with E-state index in [1.807, 2.05) is 108 Å². The summed E-state index contributed by atoms with van der Waals surface area (Å²) in [5, 5.41) is 5.41. The maximum absolute atomic E-state index is 9.25. The number of thiophene rings is 1. The lowest BCUT2D eigenvalue weighted by Crippen LogP contribution is -1.96. The second kappa shape index (κ2) is 14.3. The normalized spacial score (nSPS) is 13.8. The van der Waals surface area contributed by atoms with Crippen LogP contribution in [0.1, 0.15) is 12.3 Å². The van der Waals surface area contributed by atoms with Gasteiger partial charge < -0.3 is 9.13 Å². The first-order chi connectivity index (χ1) is 35.0.